The van der Waals surface area contributed by atoms with Crippen LogP contribution in [0.1, 0.15) is 14.9 Å². The van der Waals surface area contributed by atoms with E-state index in [0.717, 1.165) is 0 Å². The second-order valence-electron chi connectivity index (χ2n) is 0. The maximum atomic E-state index is 0. The molecule has 0 fully saturated rings. The third kappa shape index (κ3) is 0. The second kappa shape index (κ2) is 0. The third-order valence-corrected chi connectivity index (χ3v) is 0. The Labute approximate surface area is 16.1 Å². The molecule has 20 valence electrons. The van der Waals surface area contributed by atoms with Crippen LogP contribution < -0.4 is 0 Å². The van der Waals surface area contributed by atoms with Gasteiger partial charge in [0, 0.05) is 0 Å². The van der Waals surface area contributed by atoms with E-state index >= 15 is 0 Å². The van der Waals surface area contributed by atoms with Crippen molar-refractivity contribution in [2.24, 2.45) is 0 Å². The van der Waals surface area contributed by atoms with E-state index in [0.29, 0.717) is 0 Å². The Morgan fingerprint density at radius 1 is 0.500 bits per heavy atom. The fourth-order valence-electron chi connectivity index (χ4n) is 0. The molecule has 0 aliphatic rings. The summed E-state index contributed by atoms with van der Waals surface area (Å²) < 4.78 is 0. The van der Waals surface area contributed by atoms with E-state index in [1.54, 1.807) is 0 Å². The van der Waals surface area contributed by atoms with E-state index in [9.17, 15) is 0 Å². The summed E-state index contributed by atoms with van der Waals surface area (Å²) in [6.45, 7) is 0. The maximum Gasteiger partial charge on any atom is 0 e. The van der Waals surface area contributed by atoms with Crippen molar-refractivity contribution in [3.05, 3.63) is 0 Å². The summed E-state index contributed by atoms with van der Waals surface area (Å²) in [6.07, 6.45) is 0. The summed E-state index contributed by atoms with van der Waals surface area (Å²) in [7, 11) is 0. The van der Waals surface area contributed by atoms with Crippen molar-refractivity contribution in [1.82, 2.24) is 0 Å². The van der Waals surface area contributed by atoms with Gasteiger partial charge in [0.25, 0.3) is 0 Å². The van der Waals surface area contributed by atoms with Crippen molar-refractivity contribution in [2.45, 2.75) is 14.9 Å². The first-order valence-electron chi connectivity index (χ1n) is 0. The van der Waals surface area contributed by atoms with Crippen LogP contribution in [-0.4, -0.2) is 0 Å². The van der Waals surface area contributed by atoms with Crippen LogP contribution in [0.15, 0.2) is 0 Å². The van der Waals surface area contributed by atoms with Gasteiger partial charge in [-0.1, -0.05) is 14.9 Å². The van der Waals surface area contributed by atoms with Gasteiger partial charge in [-0.3, -0.25) is 0 Å². The molecule has 0 aromatic rings. The van der Waals surface area contributed by atoms with E-state index in [-0.39, 0.29) is 14.9 Å². The van der Waals surface area contributed by atoms with E-state index < -0.39 is 0 Å². The first-order valence-corrected chi connectivity index (χ1v) is 0. The van der Waals surface area contributed by atoms with Crippen LogP contribution in [0, 0.1) is 0 Å². The Bertz CT molecular complexity index is 4.00. The summed E-state index contributed by atoms with van der Waals surface area (Å²) in [6, 6.07) is 0. The normalized spacial score (nSPS) is 0. The molecule has 0 radical (unpaired) electrons. The molecule has 0 heterocycles. The van der Waals surface area contributed by atoms with E-state index in [1.807, 2.05) is 0 Å². The maximum absolute atomic E-state index is 0. The zero-order valence-corrected chi connectivity index (χ0v) is 14.2. The Hall–Kier alpha value is -2.00. The van der Waals surface area contributed by atoms with Crippen molar-refractivity contribution in [3.8, 4) is 0 Å². The SMILES string of the molecule is C.C.[Rf].[Rf]. The topological polar surface area (TPSA) is 0 Å². The standard InChI is InChI=1S/2CH4.2Rf/h2*1H4;;. The minimum absolute atomic E-state index is 0. The molecule has 0 aliphatic heterocycles. The predicted molar refractivity (Wildman–Crippen MR) is 13.5 cm³/mol. The molecule has 0 saturated heterocycles. The molecule has 0 spiro atoms. The molecule has 0 atom stereocenters. The van der Waals surface area contributed by atoms with Gasteiger partial charge in [0.2, 0.25) is 0 Å². The van der Waals surface area contributed by atoms with Crippen molar-refractivity contribution in [3.63, 3.8) is 0 Å². The van der Waals surface area contributed by atoms with Gasteiger partial charge in [-0.15, -0.1) is 0 Å². The monoisotopic (exact) mass is 566 g/mol. The van der Waals surface area contributed by atoms with Crippen LogP contribution in [0.5, 0.6) is 0 Å². The van der Waals surface area contributed by atoms with E-state index in [4.69, 9.17) is 0 Å². The molecule has 0 rings (SSSR count). The van der Waals surface area contributed by atoms with Crippen LogP contribution in [0.4, 0.5) is 0 Å². The minimum atomic E-state index is 0. The van der Waals surface area contributed by atoms with Crippen LogP contribution in [0.25, 0.3) is 0 Å². The molecule has 0 bridgehead atoms. The molecule has 0 N–H and O–H groups in total. The smallest absolute Gasteiger partial charge is 0 e. The number of rotatable bonds is 0. The third-order valence-electron chi connectivity index (χ3n) is 0. The van der Waals surface area contributed by atoms with Crippen LogP contribution in [0.2, 0.25) is 0 Å². The molecular formula is C2H8Rf2. The van der Waals surface area contributed by atoms with Crippen LogP contribution in [0.3, 0.4) is 0 Å². The summed E-state index contributed by atoms with van der Waals surface area (Å²) in [5.74, 6) is 0. The Kier molecular flexibility index (Phi) is 0. The zero-order chi connectivity index (χ0) is 0. The summed E-state index contributed by atoms with van der Waals surface area (Å²) in [5.41, 5.74) is 0. The molecule has 0 amide bonds. The van der Waals surface area contributed by atoms with Gasteiger partial charge in [0.1, 0.15) is 0 Å². The zero-order valence-electron chi connectivity index (χ0n) is 1.41. The fraction of sp³-hybridized carbons (Fsp3) is 1.00. The quantitative estimate of drug-likeness (QED) is 0.415. The van der Waals surface area contributed by atoms with E-state index in [1.165, 1.54) is 0 Å². The molecule has 2 heteroatoms. The molecule has 4 heavy (non-hydrogen) atoms. The van der Waals surface area contributed by atoms with Gasteiger partial charge in [-0.25, -0.2) is 0 Å². The van der Waals surface area contributed by atoms with Gasteiger partial charge in [0.15, 0.2) is 0 Å². The van der Waals surface area contributed by atoms with Crippen molar-refractivity contribution in [1.29, 1.82) is 0 Å². The number of hydrogen-bond donors (Lipinski definition) is 0. The molecule has 0 aromatic heterocycles. The number of hydrogen-bond acceptors (Lipinski definition) is 0. The van der Waals surface area contributed by atoms with Crippen LogP contribution in [-0.2, 0) is 0 Å². The summed E-state index contributed by atoms with van der Waals surface area (Å²) >= 11 is 0. The molecule has 0 saturated carbocycles. The van der Waals surface area contributed by atoms with Gasteiger partial charge in [-0.2, -0.15) is 0 Å². The first-order chi connectivity index (χ1) is 0. The largest absolute Gasteiger partial charge is 0.0776 e. The molecule has 0 nitrogen and oxygen atoms in total. The van der Waals surface area contributed by atoms with Gasteiger partial charge in [-0.05, 0) is 0 Å². The van der Waals surface area contributed by atoms with E-state index in [2.05, 4.69) is 0 Å². The fourth-order valence-corrected chi connectivity index (χ4v) is 0. The Morgan fingerprint density at radius 2 is 0.500 bits per heavy atom. The molecular weight excluding hydrogens is 558 g/mol. The molecule has 0 aliphatic carbocycles. The molecule has 0 aromatic carbocycles. The second-order valence-corrected chi connectivity index (χ2v) is 0. The molecule has 0 unspecified atom stereocenters. The first kappa shape index (κ1) is 0.500. The predicted octanol–water partition coefficient (Wildman–Crippen LogP) is 1.27. The summed E-state index contributed by atoms with van der Waals surface area (Å²) in [4.78, 5) is 0. The van der Waals surface area contributed by atoms with Gasteiger partial charge < -0.3 is 0 Å². The minimum Gasteiger partial charge on any atom is -0.0776 e. The van der Waals surface area contributed by atoms with Gasteiger partial charge in [0.05, 0.1) is 0 Å². The van der Waals surface area contributed by atoms with Crippen molar-refractivity contribution in [2.75, 3.05) is 0 Å². The van der Waals surface area contributed by atoms with Crippen LogP contribution >= 0.6 is 0 Å². The summed E-state index contributed by atoms with van der Waals surface area (Å²) in [5, 5.41) is 0. The van der Waals surface area contributed by atoms with Crippen molar-refractivity contribution >= 4 is 0 Å². The average Bonchev–Trinajstić information content (AvgIpc) is 0. The average molecular weight is 566 g/mol. The van der Waals surface area contributed by atoms with Gasteiger partial charge >= 0.3 is 0 Å². The Balaban J connectivity index is 0. The van der Waals surface area contributed by atoms with Crippen molar-refractivity contribution < 1.29 is 0 Å². The Morgan fingerprint density at radius 3 is 0.500 bits per heavy atom.